The van der Waals surface area contributed by atoms with Gasteiger partial charge >= 0.3 is 11.6 Å². The van der Waals surface area contributed by atoms with E-state index in [1.807, 2.05) is 36.4 Å². The molecule has 6 heteroatoms. The zero-order chi connectivity index (χ0) is 22.6. The van der Waals surface area contributed by atoms with Crippen molar-refractivity contribution >= 4 is 17.1 Å². The molecule has 2 heterocycles. The van der Waals surface area contributed by atoms with Gasteiger partial charge in [0.15, 0.2) is 0 Å². The molecule has 0 N–H and O–H groups in total. The maximum atomic E-state index is 12.3. The Morgan fingerprint density at radius 3 is 2.38 bits per heavy atom. The van der Waals surface area contributed by atoms with E-state index in [9.17, 15) is 9.59 Å². The Kier molecular flexibility index (Phi) is 9.05. The normalized spacial score (nSPS) is 10.8. The summed E-state index contributed by atoms with van der Waals surface area (Å²) in [6.07, 6.45) is 10.4. The van der Waals surface area contributed by atoms with Crippen molar-refractivity contribution in [3.8, 4) is 16.9 Å². The number of rotatable bonds is 13. The van der Waals surface area contributed by atoms with Crippen molar-refractivity contribution in [2.45, 2.75) is 44.9 Å². The third-order valence-corrected chi connectivity index (χ3v) is 5.14. The second-order valence-corrected chi connectivity index (χ2v) is 7.56. The molecular weight excluding hydrogens is 406 g/mol. The number of nitrogens with zero attached hydrogens (tertiary/aromatic N) is 1. The van der Waals surface area contributed by atoms with Crippen LogP contribution in [0.2, 0.25) is 0 Å². The second-order valence-electron chi connectivity index (χ2n) is 7.56. The summed E-state index contributed by atoms with van der Waals surface area (Å²) in [5.41, 5.74) is 1.24. The van der Waals surface area contributed by atoms with Crippen LogP contribution in [-0.4, -0.2) is 24.2 Å². The summed E-state index contributed by atoms with van der Waals surface area (Å²) in [4.78, 5) is 27.3. The molecule has 3 aromatic rings. The molecule has 0 atom stereocenters. The minimum atomic E-state index is -0.400. The average molecular weight is 436 g/mol. The molecule has 0 aliphatic carbocycles. The van der Waals surface area contributed by atoms with Crippen molar-refractivity contribution in [3.05, 3.63) is 71.7 Å². The molecule has 0 aliphatic heterocycles. The number of aromatic nitrogens is 1. The summed E-state index contributed by atoms with van der Waals surface area (Å²) >= 11 is 0. The fraction of sp³-hybridized carbons (Fsp3) is 0.346. The van der Waals surface area contributed by atoms with Crippen molar-refractivity contribution in [3.63, 3.8) is 0 Å². The number of ether oxygens (including phenoxy) is 2. The van der Waals surface area contributed by atoms with Crippen molar-refractivity contribution in [2.75, 3.05) is 13.2 Å². The first-order valence-corrected chi connectivity index (χ1v) is 11.1. The highest BCUT2D eigenvalue weighted by atomic mass is 16.5. The third kappa shape index (κ3) is 7.08. The molecule has 0 aliphatic rings. The highest BCUT2D eigenvalue weighted by Gasteiger charge is 2.08. The van der Waals surface area contributed by atoms with Crippen LogP contribution in [0.15, 0.2) is 70.5 Å². The first-order valence-electron chi connectivity index (χ1n) is 11.1. The molecule has 6 nitrogen and oxygen atoms in total. The van der Waals surface area contributed by atoms with Gasteiger partial charge in [-0.15, -0.1) is 0 Å². The zero-order valence-corrected chi connectivity index (χ0v) is 18.3. The average Bonchev–Trinajstić information content (AvgIpc) is 2.82. The molecular formula is C26H29NO5. The third-order valence-electron chi connectivity index (χ3n) is 5.14. The van der Waals surface area contributed by atoms with Crippen molar-refractivity contribution in [1.82, 2.24) is 4.98 Å². The topological polar surface area (TPSA) is 78.6 Å². The van der Waals surface area contributed by atoms with Gasteiger partial charge in [-0.2, -0.15) is 0 Å². The van der Waals surface area contributed by atoms with Crippen molar-refractivity contribution in [1.29, 1.82) is 0 Å². The van der Waals surface area contributed by atoms with E-state index in [4.69, 9.17) is 13.9 Å². The predicted molar refractivity (Wildman–Crippen MR) is 125 cm³/mol. The van der Waals surface area contributed by atoms with Crippen LogP contribution in [0, 0.1) is 0 Å². The molecule has 168 valence electrons. The monoisotopic (exact) mass is 435 g/mol. The number of carbonyl (C=O) groups is 1. The number of esters is 1. The Hall–Kier alpha value is -3.41. The van der Waals surface area contributed by atoms with Gasteiger partial charge in [-0.3, -0.25) is 0 Å². The molecule has 0 spiro atoms. The van der Waals surface area contributed by atoms with Gasteiger partial charge in [0, 0.05) is 17.7 Å². The maximum Gasteiger partial charge on any atom is 0.345 e. The van der Waals surface area contributed by atoms with Crippen LogP contribution in [0.25, 0.3) is 22.2 Å². The molecule has 0 fully saturated rings. The minimum absolute atomic E-state index is 0.343. The van der Waals surface area contributed by atoms with Gasteiger partial charge < -0.3 is 13.9 Å². The summed E-state index contributed by atoms with van der Waals surface area (Å²) in [5, 5.41) is 0.790. The van der Waals surface area contributed by atoms with E-state index in [0.717, 1.165) is 48.8 Å². The summed E-state index contributed by atoms with van der Waals surface area (Å²) in [6, 6.07) is 13.0. The quantitative estimate of drug-likeness (QED) is 0.195. The Labute approximate surface area is 187 Å². The van der Waals surface area contributed by atoms with Crippen LogP contribution in [0.4, 0.5) is 0 Å². The summed E-state index contributed by atoms with van der Waals surface area (Å²) in [6.45, 7) is 4.51. The van der Waals surface area contributed by atoms with Crippen LogP contribution in [-0.2, 0) is 9.53 Å². The number of benzene rings is 1. The Morgan fingerprint density at radius 2 is 1.66 bits per heavy atom. The van der Waals surface area contributed by atoms with Gasteiger partial charge in [0.2, 0.25) is 5.71 Å². The molecule has 0 saturated heterocycles. The molecule has 0 bridgehead atoms. The van der Waals surface area contributed by atoms with Crippen molar-refractivity contribution in [2.24, 2.45) is 0 Å². The number of unbranched alkanes of at least 4 members (excludes halogenated alkanes) is 6. The predicted octanol–water partition coefficient (Wildman–Crippen LogP) is 5.69. The summed E-state index contributed by atoms with van der Waals surface area (Å²) in [7, 11) is 0. The van der Waals surface area contributed by atoms with E-state index in [1.54, 1.807) is 12.3 Å². The number of carbonyl (C=O) groups excluding carboxylic acids is 1. The lowest BCUT2D eigenvalue weighted by molar-refractivity contribution is -0.137. The molecule has 0 radical (unpaired) electrons. The fourth-order valence-corrected chi connectivity index (χ4v) is 3.40. The maximum absolute atomic E-state index is 12.3. The van der Waals surface area contributed by atoms with Gasteiger partial charge in [-0.1, -0.05) is 50.8 Å². The molecule has 3 rings (SSSR count). The number of pyridine rings is 1. The van der Waals surface area contributed by atoms with Gasteiger partial charge in [-0.25, -0.2) is 14.6 Å². The number of hydrogen-bond acceptors (Lipinski definition) is 6. The summed E-state index contributed by atoms with van der Waals surface area (Å²) in [5.74, 6) is 0.436. The second kappa shape index (κ2) is 12.4. The van der Waals surface area contributed by atoms with E-state index in [1.165, 1.54) is 18.9 Å². The highest BCUT2D eigenvalue weighted by Crippen LogP contribution is 2.23. The molecule has 0 saturated carbocycles. The lowest BCUT2D eigenvalue weighted by Gasteiger charge is -2.08. The van der Waals surface area contributed by atoms with Crippen LogP contribution >= 0.6 is 0 Å². The van der Waals surface area contributed by atoms with Crippen LogP contribution < -0.4 is 10.4 Å². The minimum Gasteiger partial charge on any atom is -0.494 e. The van der Waals surface area contributed by atoms with Crippen LogP contribution in [0.3, 0.4) is 0 Å². The number of hydrogen-bond donors (Lipinski definition) is 0. The van der Waals surface area contributed by atoms with E-state index < -0.39 is 5.63 Å². The Balaban J connectivity index is 1.33. The Morgan fingerprint density at radius 1 is 0.969 bits per heavy atom. The lowest BCUT2D eigenvalue weighted by atomic mass is 10.1. The zero-order valence-electron chi connectivity index (χ0n) is 18.3. The Bertz CT molecular complexity index is 1070. The van der Waals surface area contributed by atoms with E-state index in [2.05, 4.69) is 11.6 Å². The molecule has 0 unspecified atom stereocenters. The van der Waals surface area contributed by atoms with Gasteiger partial charge in [-0.05, 0) is 48.7 Å². The highest BCUT2D eigenvalue weighted by molar-refractivity contribution is 5.81. The summed E-state index contributed by atoms with van der Waals surface area (Å²) < 4.78 is 16.1. The molecule has 0 amide bonds. The van der Waals surface area contributed by atoms with Crippen molar-refractivity contribution < 1.29 is 18.7 Å². The van der Waals surface area contributed by atoms with E-state index >= 15 is 0 Å². The van der Waals surface area contributed by atoms with E-state index in [-0.39, 0.29) is 5.97 Å². The molecule has 1 aromatic carbocycles. The molecule has 32 heavy (non-hydrogen) atoms. The van der Waals surface area contributed by atoms with Gasteiger partial charge in [0.1, 0.15) is 5.75 Å². The lowest BCUT2D eigenvalue weighted by Crippen LogP contribution is -2.03. The van der Waals surface area contributed by atoms with Gasteiger partial charge in [0.25, 0.3) is 0 Å². The smallest absolute Gasteiger partial charge is 0.345 e. The first-order chi connectivity index (χ1) is 15.7. The SMILES string of the molecule is C=CC(=O)OCCCCCCCCCOc1ccc(-c2cc3cccnc3oc2=O)cc1. The van der Waals surface area contributed by atoms with Gasteiger partial charge in [0.05, 0.1) is 18.8 Å². The van der Waals surface area contributed by atoms with Crippen LogP contribution in [0.5, 0.6) is 5.75 Å². The molecule has 2 aromatic heterocycles. The van der Waals surface area contributed by atoms with Crippen LogP contribution in [0.1, 0.15) is 44.9 Å². The number of fused-ring (bicyclic) bond motifs is 1. The standard InChI is InChI=1S/C26H29NO5/c1-2-24(28)31-18-9-7-5-3-4-6-8-17-30-22-14-12-20(13-15-22)23-19-21-11-10-16-27-25(21)32-26(23)29/h2,10-16,19H,1,3-9,17-18H2. The first kappa shape index (κ1) is 23.3. The van der Waals surface area contributed by atoms with E-state index in [0.29, 0.717) is 24.5 Å². The fourth-order valence-electron chi connectivity index (χ4n) is 3.40. The largest absolute Gasteiger partial charge is 0.494 e.